The summed E-state index contributed by atoms with van der Waals surface area (Å²) in [6, 6.07) is 2.15. The Balaban J connectivity index is 2.20. The van der Waals surface area contributed by atoms with Gasteiger partial charge in [-0.3, -0.25) is 4.68 Å². The lowest BCUT2D eigenvalue weighted by Crippen LogP contribution is -2.04. The molecule has 7 heteroatoms. The van der Waals surface area contributed by atoms with Crippen molar-refractivity contribution in [1.29, 1.82) is 5.26 Å². The summed E-state index contributed by atoms with van der Waals surface area (Å²) in [4.78, 5) is 0. The van der Waals surface area contributed by atoms with Gasteiger partial charge in [-0.1, -0.05) is 0 Å². The van der Waals surface area contributed by atoms with Crippen LogP contribution in [-0.4, -0.2) is 33.7 Å². The maximum atomic E-state index is 9.23. The Bertz CT molecular complexity index is 643. The van der Waals surface area contributed by atoms with Gasteiger partial charge in [0.05, 0.1) is 30.7 Å². The first-order valence-electron chi connectivity index (χ1n) is 6.18. The highest BCUT2D eigenvalue weighted by atomic mass is 16.5. The molecule has 0 radical (unpaired) electrons. The number of aryl methyl sites for hydroxylation is 1. The van der Waals surface area contributed by atoms with Crippen LogP contribution < -0.4 is 5.32 Å². The molecular weight excluding hydrogens is 256 g/mol. The number of ether oxygens (including phenoxy) is 1. The third-order valence-electron chi connectivity index (χ3n) is 2.99. The number of anilines is 2. The standard InChI is InChI=1S/C13H16N6O/c1-9-10(2)17-18-13(12(9)6-14)16-11-7-15-19(8-11)4-5-20-3/h7-8H,4-5H2,1-3H3,(H,16,18). The van der Waals surface area contributed by atoms with Gasteiger partial charge in [-0.05, 0) is 19.4 Å². The van der Waals surface area contributed by atoms with E-state index in [1.807, 2.05) is 20.0 Å². The summed E-state index contributed by atoms with van der Waals surface area (Å²) in [7, 11) is 1.65. The van der Waals surface area contributed by atoms with E-state index in [4.69, 9.17) is 4.74 Å². The highest BCUT2D eigenvalue weighted by molar-refractivity contribution is 5.63. The van der Waals surface area contributed by atoms with E-state index in [0.717, 1.165) is 16.9 Å². The first-order chi connectivity index (χ1) is 9.65. The molecule has 0 aliphatic heterocycles. The summed E-state index contributed by atoms with van der Waals surface area (Å²) in [6.45, 7) is 4.95. The van der Waals surface area contributed by atoms with Crippen LogP contribution in [0.3, 0.4) is 0 Å². The zero-order valence-corrected chi connectivity index (χ0v) is 11.7. The van der Waals surface area contributed by atoms with Crippen LogP contribution in [0.5, 0.6) is 0 Å². The van der Waals surface area contributed by atoms with Crippen LogP contribution in [0.15, 0.2) is 12.4 Å². The lowest BCUT2D eigenvalue weighted by atomic mass is 10.1. The fourth-order valence-corrected chi connectivity index (χ4v) is 1.70. The first-order valence-corrected chi connectivity index (χ1v) is 6.18. The SMILES string of the molecule is COCCn1cc(Nc2nnc(C)c(C)c2C#N)cn1. The summed E-state index contributed by atoms with van der Waals surface area (Å²) in [6.07, 6.45) is 3.50. The van der Waals surface area contributed by atoms with Crippen LogP contribution in [0.25, 0.3) is 0 Å². The summed E-state index contributed by atoms with van der Waals surface area (Å²) >= 11 is 0. The van der Waals surface area contributed by atoms with Gasteiger partial charge in [-0.15, -0.1) is 5.10 Å². The van der Waals surface area contributed by atoms with Crippen molar-refractivity contribution in [2.75, 3.05) is 19.0 Å². The van der Waals surface area contributed by atoms with Crippen molar-refractivity contribution in [3.05, 3.63) is 29.2 Å². The molecule has 7 nitrogen and oxygen atoms in total. The van der Waals surface area contributed by atoms with Crippen LogP contribution in [0.4, 0.5) is 11.5 Å². The highest BCUT2D eigenvalue weighted by Gasteiger charge is 2.11. The summed E-state index contributed by atoms with van der Waals surface area (Å²) in [5.74, 6) is 0.446. The van der Waals surface area contributed by atoms with E-state index in [-0.39, 0.29) is 0 Å². The van der Waals surface area contributed by atoms with E-state index >= 15 is 0 Å². The molecular formula is C13H16N6O. The van der Waals surface area contributed by atoms with Gasteiger partial charge in [-0.2, -0.15) is 15.5 Å². The Labute approximate surface area is 117 Å². The Kier molecular flexibility index (Phi) is 4.27. The molecule has 0 spiro atoms. The molecule has 2 aromatic heterocycles. The number of aromatic nitrogens is 4. The third-order valence-corrected chi connectivity index (χ3v) is 2.99. The average molecular weight is 272 g/mol. The summed E-state index contributed by atoms with van der Waals surface area (Å²) in [5, 5.41) is 24.5. The summed E-state index contributed by atoms with van der Waals surface area (Å²) < 4.78 is 6.75. The van der Waals surface area contributed by atoms with Crippen LogP contribution in [0, 0.1) is 25.2 Å². The molecule has 2 rings (SSSR count). The molecule has 0 fully saturated rings. The second-order valence-electron chi connectivity index (χ2n) is 4.36. The number of hydrogen-bond acceptors (Lipinski definition) is 6. The van der Waals surface area contributed by atoms with Gasteiger partial charge in [0.15, 0.2) is 5.82 Å². The van der Waals surface area contributed by atoms with Crippen LogP contribution in [0.2, 0.25) is 0 Å². The molecule has 0 saturated heterocycles. The van der Waals surface area contributed by atoms with E-state index < -0.39 is 0 Å². The minimum absolute atomic E-state index is 0.446. The van der Waals surface area contributed by atoms with Crippen LogP contribution in [-0.2, 0) is 11.3 Å². The Morgan fingerprint density at radius 1 is 1.40 bits per heavy atom. The van der Waals surface area contributed by atoms with E-state index in [1.54, 1.807) is 18.0 Å². The number of hydrogen-bond donors (Lipinski definition) is 1. The van der Waals surface area contributed by atoms with Gasteiger partial charge >= 0.3 is 0 Å². The zero-order chi connectivity index (χ0) is 14.5. The molecule has 1 N–H and O–H groups in total. The highest BCUT2D eigenvalue weighted by Crippen LogP contribution is 2.20. The monoisotopic (exact) mass is 272 g/mol. The van der Waals surface area contributed by atoms with E-state index in [9.17, 15) is 5.26 Å². The smallest absolute Gasteiger partial charge is 0.171 e. The van der Waals surface area contributed by atoms with Gasteiger partial charge in [0, 0.05) is 13.3 Å². The molecule has 2 aromatic rings. The Hall–Kier alpha value is -2.46. The lowest BCUT2D eigenvalue weighted by molar-refractivity contribution is 0.183. The van der Waals surface area contributed by atoms with E-state index in [0.29, 0.717) is 24.5 Å². The molecule has 104 valence electrons. The molecule has 0 unspecified atom stereocenters. The van der Waals surface area contributed by atoms with Gasteiger partial charge < -0.3 is 10.1 Å². The molecule has 0 aromatic carbocycles. The second kappa shape index (κ2) is 6.12. The summed E-state index contributed by atoms with van der Waals surface area (Å²) in [5.41, 5.74) is 2.84. The largest absolute Gasteiger partial charge is 0.383 e. The number of nitriles is 1. The zero-order valence-electron chi connectivity index (χ0n) is 11.7. The molecule has 0 saturated carbocycles. The predicted molar refractivity (Wildman–Crippen MR) is 73.6 cm³/mol. The predicted octanol–water partition coefficient (Wildman–Crippen LogP) is 1.55. The van der Waals surface area contributed by atoms with Crippen molar-refractivity contribution in [2.24, 2.45) is 0 Å². The fourth-order valence-electron chi connectivity index (χ4n) is 1.70. The van der Waals surface area contributed by atoms with Crippen molar-refractivity contribution in [3.8, 4) is 6.07 Å². The molecule has 0 aliphatic rings. The maximum Gasteiger partial charge on any atom is 0.171 e. The van der Waals surface area contributed by atoms with Crippen molar-refractivity contribution >= 4 is 11.5 Å². The molecule has 0 bridgehead atoms. The molecule has 0 aliphatic carbocycles. The number of methoxy groups -OCH3 is 1. The quantitative estimate of drug-likeness (QED) is 0.888. The van der Waals surface area contributed by atoms with Crippen molar-refractivity contribution < 1.29 is 4.74 Å². The van der Waals surface area contributed by atoms with E-state index in [1.165, 1.54) is 0 Å². The number of nitrogens with one attached hydrogen (secondary N) is 1. The van der Waals surface area contributed by atoms with Gasteiger partial charge in [-0.25, -0.2) is 0 Å². The maximum absolute atomic E-state index is 9.23. The van der Waals surface area contributed by atoms with Gasteiger partial charge in [0.25, 0.3) is 0 Å². The third kappa shape index (κ3) is 2.92. The normalized spacial score (nSPS) is 10.3. The minimum atomic E-state index is 0.446. The van der Waals surface area contributed by atoms with Crippen molar-refractivity contribution in [2.45, 2.75) is 20.4 Å². The van der Waals surface area contributed by atoms with Crippen molar-refractivity contribution in [3.63, 3.8) is 0 Å². The Morgan fingerprint density at radius 2 is 2.20 bits per heavy atom. The number of rotatable bonds is 5. The molecule has 0 amide bonds. The van der Waals surface area contributed by atoms with Crippen LogP contribution >= 0.6 is 0 Å². The van der Waals surface area contributed by atoms with Crippen LogP contribution in [0.1, 0.15) is 16.8 Å². The molecule has 0 atom stereocenters. The average Bonchev–Trinajstić information content (AvgIpc) is 2.89. The lowest BCUT2D eigenvalue weighted by Gasteiger charge is -2.07. The topological polar surface area (TPSA) is 88.6 Å². The van der Waals surface area contributed by atoms with Gasteiger partial charge in [0.1, 0.15) is 11.6 Å². The van der Waals surface area contributed by atoms with Gasteiger partial charge in [0.2, 0.25) is 0 Å². The fraction of sp³-hybridized carbons (Fsp3) is 0.385. The Morgan fingerprint density at radius 3 is 2.90 bits per heavy atom. The minimum Gasteiger partial charge on any atom is -0.383 e. The number of nitrogens with zero attached hydrogens (tertiary/aromatic N) is 5. The first kappa shape index (κ1) is 14.0. The van der Waals surface area contributed by atoms with Crippen molar-refractivity contribution in [1.82, 2.24) is 20.0 Å². The van der Waals surface area contributed by atoms with E-state index in [2.05, 4.69) is 26.7 Å². The molecule has 2 heterocycles. The second-order valence-corrected chi connectivity index (χ2v) is 4.36. The molecule has 20 heavy (non-hydrogen) atoms.